The van der Waals surface area contributed by atoms with Crippen LogP contribution in [0.5, 0.6) is 0 Å². The molecule has 0 spiro atoms. The van der Waals surface area contributed by atoms with Crippen molar-refractivity contribution in [1.82, 2.24) is 0 Å². The van der Waals surface area contributed by atoms with Crippen LogP contribution in [-0.4, -0.2) is 7.05 Å². The first kappa shape index (κ1) is 14.1. The second kappa shape index (κ2) is 5.50. The topological polar surface area (TPSA) is 12.0 Å². The van der Waals surface area contributed by atoms with Crippen molar-refractivity contribution < 1.29 is 0 Å². The SMILES string of the molecule is C=Cc1cc2c(P)c3c(c(NC)c2cc1C=C)=CCCC=3. The summed E-state index contributed by atoms with van der Waals surface area (Å²) in [7, 11) is 4.92. The molecule has 0 saturated carbocycles. The molecule has 2 aromatic rings. The van der Waals surface area contributed by atoms with Gasteiger partial charge in [0, 0.05) is 23.3 Å². The third-order valence-corrected chi connectivity index (χ3v) is 4.81. The van der Waals surface area contributed by atoms with Gasteiger partial charge in [0.1, 0.15) is 0 Å². The van der Waals surface area contributed by atoms with Gasteiger partial charge in [-0.05, 0) is 52.0 Å². The van der Waals surface area contributed by atoms with Crippen LogP contribution in [0.15, 0.2) is 25.3 Å². The van der Waals surface area contributed by atoms with Crippen molar-refractivity contribution in [2.24, 2.45) is 0 Å². The highest BCUT2D eigenvalue weighted by Crippen LogP contribution is 2.25. The van der Waals surface area contributed by atoms with Crippen molar-refractivity contribution in [2.45, 2.75) is 12.8 Å². The Balaban J connectivity index is 2.59. The third kappa shape index (κ3) is 2.13. The maximum Gasteiger partial charge on any atom is 0.0494 e. The Labute approximate surface area is 128 Å². The maximum absolute atomic E-state index is 3.92. The molecular weight excluding hydrogens is 273 g/mol. The molecule has 0 fully saturated rings. The number of benzene rings is 2. The van der Waals surface area contributed by atoms with E-state index in [0.717, 1.165) is 24.0 Å². The quantitative estimate of drug-likeness (QED) is 0.858. The molecule has 2 aromatic carbocycles. The molecule has 0 bridgehead atoms. The largest absolute Gasteiger partial charge is 0.387 e. The minimum absolute atomic E-state index is 1.11. The van der Waals surface area contributed by atoms with Crippen LogP contribution < -0.4 is 21.1 Å². The summed E-state index contributed by atoms with van der Waals surface area (Å²) in [5.74, 6) is 0. The van der Waals surface area contributed by atoms with Crippen LogP contribution in [0.25, 0.3) is 35.1 Å². The van der Waals surface area contributed by atoms with Crippen molar-refractivity contribution >= 4 is 55.3 Å². The molecule has 3 rings (SSSR count). The lowest BCUT2D eigenvalue weighted by molar-refractivity contribution is 1.12. The number of hydrogen-bond donors (Lipinski definition) is 1. The van der Waals surface area contributed by atoms with E-state index in [2.05, 4.69) is 52.0 Å². The minimum Gasteiger partial charge on any atom is -0.387 e. The van der Waals surface area contributed by atoms with Gasteiger partial charge in [-0.2, -0.15) is 0 Å². The Bertz CT molecular complexity index is 875. The van der Waals surface area contributed by atoms with Crippen LogP contribution in [-0.2, 0) is 0 Å². The predicted molar refractivity (Wildman–Crippen MR) is 100 cm³/mol. The lowest BCUT2D eigenvalue weighted by Crippen LogP contribution is -2.38. The summed E-state index contributed by atoms with van der Waals surface area (Å²) >= 11 is 0. The number of anilines is 1. The van der Waals surface area contributed by atoms with Crippen molar-refractivity contribution in [3.05, 3.63) is 46.9 Å². The molecule has 1 N–H and O–H groups in total. The highest BCUT2D eigenvalue weighted by Gasteiger charge is 2.11. The molecule has 21 heavy (non-hydrogen) atoms. The molecule has 0 aromatic heterocycles. The van der Waals surface area contributed by atoms with Crippen molar-refractivity contribution in [3.8, 4) is 0 Å². The van der Waals surface area contributed by atoms with Gasteiger partial charge in [0.25, 0.3) is 0 Å². The van der Waals surface area contributed by atoms with Gasteiger partial charge in [0.2, 0.25) is 0 Å². The van der Waals surface area contributed by atoms with Crippen LogP contribution in [0.1, 0.15) is 24.0 Å². The number of hydrogen-bond acceptors (Lipinski definition) is 1. The maximum atomic E-state index is 3.92. The van der Waals surface area contributed by atoms with Crippen molar-refractivity contribution in [3.63, 3.8) is 0 Å². The standard InChI is InChI=1S/C19H20NP/c1-4-12-10-16-17(11-13(12)5-2)19(21)15-9-7-6-8-14(15)18(16)20-3/h4-5,8-11,20H,1-2,6-7,21H2,3H3. The predicted octanol–water partition coefficient (Wildman–Crippen LogP) is 3.02. The highest BCUT2D eigenvalue weighted by atomic mass is 31.0. The molecule has 0 aliphatic heterocycles. The van der Waals surface area contributed by atoms with E-state index in [-0.39, 0.29) is 0 Å². The van der Waals surface area contributed by atoms with E-state index in [1.165, 1.54) is 32.2 Å². The van der Waals surface area contributed by atoms with E-state index >= 15 is 0 Å². The monoisotopic (exact) mass is 293 g/mol. The van der Waals surface area contributed by atoms with Crippen LogP contribution in [0.4, 0.5) is 5.69 Å². The molecular formula is C19H20NP. The molecule has 106 valence electrons. The van der Waals surface area contributed by atoms with Gasteiger partial charge in [-0.1, -0.05) is 37.5 Å². The third-order valence-electron chi connectivity index (χ3n) is 4.19. The van der Waals surface area contributed by atoms with Gasteiger partial charge in [0.15, 0.2) is 0 Å². The van der Waals surface area contributed by atoms with E-state index in [9.17, 15) is 0 Å². The van der Waals surface area contributed by atoms with Crippen molar-refractivity contribution in [2.75, 3.05) is 12.4 Å². The number of rotatable bonds is 3. The smallest absolute Gasteiger partial charge is 0.0494 e. The van der Waals surface area contributed by atoms with E-state index in [0.29, 0.717) is 0 Å². The van der Waals surface area contributed by atoms with Gasteiger partial charge >= 0.3 is 0 Å². The molecule has 2 heteroatoms. The molecule has 0 heterocycles. The van der Waals surface area contributed by atoms with E-state index in [1.54, 1.807) is 0 Å². The van der Waals surface area contributed by atoms with E-state index < -0.39 is 0 Å². The molecule has 1 aliphatic carbocycles. The summed E-state index contributed by atoms with van der Waals surface area (Å²) in [5, 5.41) is 9.83. The minimum atomic E-state index is 1.11. The van der Waals surface area contributed by atoms with Crippen molar-refractivity contribution in [1.29, 1.82) is 0 Å². The molecule has 1 atom stereocenters. The fourth-order valence-corrected chi connectivity index (χ4v) is 3.66. The van der Waals surface area contributed by atoms with Crippen LogP contribution in [0.3, 0.4) is 0 Å². The fourth-order valence-electron chi connectivity index (χ4n) is 3.14. The zero-order chi connectivity index (χ0) is 15.0. The second-order valence-corrected chi connectivity index (χ2v) is 5.86. The van der Waals surface area contributed by atoms with Gasteiger partial charge < -0.3 is 5.32 Å². The lowest BCUT2D eigenvalue weighted by atomic mass is 9.95. The average molecular weight is 293 g/mol. The Morgan fingerprint density at radius 1 is 1.00 bits per heavy atom. The Hall–Kier alpha value is -1.85. The molecule has 1 aliphatic rings. The summed E-state index contributed by atoms with van der Waals surface area (Å²) in [4.78, 5) is 0. The first-order valence-electron chi connectivity index (χ1n) is 7.23. The Kier molecular flexibility index (Phi) is 3.69. The van der Waals surface area contributed by atoms with Gasteiger partial charge in [-0.3, -0.25) is 0 Å². The van der Waals surface area contributed by atoms with Gasteiger partial charge in [-0.15, -0.1) is 9.24 Å². The zero-order valence-electron chi connectivity index (χ0n) is 12.4. The van der Waals surface area contributed by atoms with E-state index in [1.807, 2.05) is 19.2 Å². The first-order chi connectivity index (χ1) is 10.2. The molecule has 1 nitrogen and oxygen atoms in total. The Morgan fingerprint density at radius 3 is 2.14 bits per heavy atom. The summed E-state index contributed by atoms with van der Waals surface area (Å²) < 4.78 is 0. The molecule has 1 unspecified atom stereocenters. The fraction of sp³-hybridized carbons (Fsp3) is 0.158. The summed E-state index contributed by atoms with van der Waals surface area (Å²) in [6.45, 7) is 7.85. The molecule has 0 radical (unpaired) electrons. The van der Waals surface area contributed by atoms with Crippen LogP contribution in [0.2, 0.25) is 0 Å². The lowest BCUT2D eigenvalue weighted by Gasteiger charge is -2.16. The Morgan fingerprint density at radius 2 is 1.57 bits per heavy atom. The van der Waals surface area contributed by atoms with Crippen LogP contribution >= 0.6 is 9.24 Å². The normalized spacial score (nSPS) is 13.0. The van der Waals surface area contributed by atoms with E-state index in [4.69, 9.17) is 0 Å². The van der Waals surface area contributed by atoms with Gasteiger partial charge in [0.05, 0.1) is 0 Å². The molecule has 0 amide bonds. The molecule has 0 saturated heterocycles. The number of fused-ring (bicyclic) bond motifs is 2. The summed E-state index contributed by atoms with van der Waals surface area (Å²) in [5.41, 5.74) is 3.46. The second-order valence-electron chi connectivity index (χ2n) is 5.29. The first-order valence-corrected chi connectivity index (χ1v) is 7.81. The summed E-state index contributed by atoms with van der Waals surface area (Å²) in [6.07, 6.45) is 10.7. The zero-order valence-corrected chi connectivity index (χ0v) is 13.5. The number of nitrogens with one attached hydrogen (secondary N) is 1. The highest BCUT2D eigenvalue weighted by molar-refractivity contribution is 7.28. The van der Waals surface area contributed by atoms with Crippen LogP contribution in [0, 0.1) is 0 Å². The summed E-state index contributed by atoms with van der Waals surface area (Å²) in [6, 6.07) is 4.42. The average Bonchev–Trinajstić information content (AvgIpc) is 2.54. The van der Waals surface area contributed by atoms with Gasteiger partial charge in [-0.25, -0.2) is 0 Å².